The van der Waals surface area contributed by atoms with Crippen molar-refractivity contribution in [3.05, 3.63) is 53.0 Å². The summed E-state index contributed by atoms with van der Waals surface area (Å²) in [6, 6.07) is 6.05. The van der Waals surface area contributed by atoms with Gasteiger partial charge in [0.25, 0.3) is 5.91 Å². The number of hydrogen-bond acceptors (Lipinski definition) is 6. The second-order valence-electron chi connectivity index (χ2n) is 9.95. The molecule has 34 heavy (non-hydrogen) atoms. The first-order chi connectivity index (χ1) is 16.1. The highest BCUT2D eigenvalue weighted by atomic mass is 19.1. The van der Waals surface area contributed by atoms with Crippen molar-refractivity contribution in [1.29, 1.82) is 0 Å². The van der Waals surface area contributed by atoms with Crippen LogP contribution in [0.2, 0.25) is 0 Å². The number of hydrogen-bond donors (Lipinski definition) is 2. The molecule has 1 aromatic carbocycles. The molecule has 0 spiro atoms. The van der Waals surface area contributed by atoms with Crippen molar-refractivity contribution in [2.75, 3.05) is 13.1 Å². The molecule has 3 aliphatic heterocycles. The van der Waals surface area contributed by atoms with Crippen LogP contribution < -0.4 is 5.32 Å². The number of nitrogens with zero attached hydrogens (tertiary/aromatic N) is 3. The van der Waals surface area contributed by atoms with Gasteiger partial charge in [0.05, 0.1) is 5.60 Å². The number of pyridine rings is 1. The van der Waals surface area contributed by atoms with Crippen LogP contribution in [0.15, 0.2) is 30.5 Å². The third-order valence-electron chi connectivity index (χ3n) is 7.12. The van der Waals surface area contributed by atoms with Crippen LogP contribution in [-0.2, 0) is 22.7 Å². The average molecular weight is 467 g/mol. The third kappa shape index (κ3) is 3.99. The van der Waals surface area contributed by atoms with E-state index in [0.29, 0.717) is 48.3 Å². The normalized spacial score (nSPS) is 21.5. The zero-order valence-electron chi connectivity index (χ0n) is 19.2. The lowest BCUT2D eigenvalue weighted by Gasteiger charge is -2.45. The number of aromatic nitrogens is 1. The quantitative estimate of drug-likeness (QED) is 0.652. The third-order valence-corrected chi connectivity index (χ3v) is 7.12. The topological polar surface area (TPSA) is 103 Å². The summed E-state index contributed by atoms with van der Waals surface area (Å²) in [5.74, 6) is -1.30. The Labute approximate surface area is 196 Å². The van der Waals surface area contributed by atoms with Crippen molar-refractivity contribution in [2.24, 2.45) is 5.92 Å². The van der Waals surface area contributed by atoms with Crippen LogP contribution >= 0.6 is 0 Å². The van der Waals surface area contributed by atoms with Gasteiger partial charge in [-0.05, 0) is 44.0 Å². The maximum atomic E-state index is 15.4. The van der Waals surface area contributed by atoms with Gasteiger partial charge in [0.15, 0.2) is 5.82 Å². The molecule has 0 aliphatic carbocycles. The standard InChI is InChI=1S/C25H27FN4O4/c1-25(2,34)17-12-29(13-17)10-15-7-8-27-22(21(15)26)14-3-4-18-16(9-14)11-30(24(18)33)19-5-6-20(31)28-23(19)32/h3-4,7-9,17,19,34H,5-6,10-13H2,1-2H3,(H,28,31,32). The molecule has 0 bridgehead atoms. The number of fused-ring (bicyclic) bond motifs is 1. The SMILES string of the molecule is CC(C)(O)C1CN(Cc2ccnc(-c3ccc4c(c3)CN(C3CCC(=O)NC3=O)C4=O)c2F)C1. The maximum Gasteiger partial charge on any atom is 0.255 e. The smallest absolute Gasteiger partial charge is 0.255 e. The van der Waals surface area contributed by atoms with Gasteiger partial charge in [-0.2, -0.15) is 0 Å². The monoisotopic (exact) mass is 466 g/mol. The Kier molecular flexibility index (Phi) is 5.49. The van der Waals surface area contributed by atoms with E-state index in [2.05, 4.69) is 15.2 Å². The molecular weight excluding hydrogens is 439 g/mol. The van der Waals surface area contributed by atoms with Crippen LogP contribution in [0.1, 0.15) is 48.2 Å². The zero-order chi connectivity index (χ0) is 24.2. The van der Waals surface area contributed by atoms with Gasteiger partial charge >= 0.3 is 0 Å². The molecule has 4 heterocycles. The number of carbonyl (C=O) groups is 3. The highest BCUT2D eigenvalue weighted by Gasteiger charge is 2.40. The average Bonchev–Trinajstić information content (AvgIpc) is 3.06. The van der Waals surface area contributed by atoms with Crippen molar-refractivity contribution < 1.29 is 23.9 Å². The van der Waals surface area contributed by atoms with E-state index in [9.17, 15) is 19.5 Å². The minimum atomic E-state index is -0.748. The van der Waals surface area contributed by atoms with E-state index < -0.39 is 23.4 Å². The first kappa shape index (κ1) is 22.6. The van der Waals surface area contributed by atoms with Crippen molar-refractivity contribution in [2.45, 2.75) is 51.4 Å². The molecule has 0 radical (unpaired) electrons. The van der Waals surface area contributed by atoms with Crippen LogP contribution in [0.5, 0.6) is 0 Å². The van der Waals surface area contributed by atoms with Crippen molar-refractivity contribution in [3.8, 4) is 11.3 Å². The van der Waals surface area contributed by atoms with E-state index in [1.165, 1.54) is 4.90 Å². The van der Waals surface area contributed by atoms with Gasteiger partial charge in [-0.3, -0.25) is 29.6 Å². The van der Waals surface area contributed by atoms with Crippen LogP contribution in [0.4, 0.5) is 4.39 Å². The summed E-state index contributed by atoms with van der Waals surface area (Å²) in [6.07, 6.45) is 2.06. The van der Waals surface area contributed by atoms with E-state index >= 15 is 4.39 Å². The van der Waals surface area contributed by atoms with Crippen molar-refractivity contribution >= 4 is 17.7 Å². The molecule has 8 nitrogen and oxygen atoms in total. The summed E-state index contributed by atoms with van der Waals surface area (Å²) < 4.78 is 15.4. The fraction of sp³-hybridized carbons (Fsp3) is 0.440. The number of rotatable bonds is 5. The molecule has 0 saturated carbocycles. The van der Waals surface area contributed by atoms with E-state index in [-0.39, 0.29) is 36.4 Å². The number of likely N-dealkylation sites (tertiary alicyclic amines) is 1. The first-order valence-electron chi connectivity index (χ1n) is 11.5. The second-order valence-corrected chi connectivity index (χ2v) is 9.95. The molecule has 3 amide bonds. The Morgan fingerprint density at radius 3 is 2.68 bits per heavy atom. The molecule has 1 unspecified atom stereocenters. The van der Waals surface area contributed by atoms with E-state index in [0.717, 1.165) is 0 Å². The molecule has 5 rings (SSSR count). The van der Waals surface area contributed by atoms with Crippen molar-refractivity contribution in [1.82, 2.24) is 20.1 Å². The molecule has 9 heteroatoms. The number of benzene rings is 1. The Hall–Kier alpha value is -3.17. The fourth-order valence-electron chi connectivity index (χ4n) is 4.92. The predicted octanol–water partition coefficient (Wildman–Crippen LogP) is 1.85. The van der Waals surface area contributed by atoms with Gasteiger partial charge < -0.3 is 10.0 Å². The number of halogens is 1. The minimum Gasteiger partial charge on any atom is -0.390 e. The summed E-state index contributed by atoms with van der Waals surface area (Å²) in [7, 11) is 0. The predicted molar refractivity (Wildman–Crippen MR) is 121 cm³/mol. The van der Waals surface area contributed by atoms with E-state index in [1.807, 2.05) is 0 Å². The number of piperidine rings is 1. The number of carbonyl (C=O) groups excluding carboxylic acids is 3. The van der Waals surface area contributed by atoms with Gasteiger partial charge in [0, 0.05) is 61.4 Å². The Bertz CT molecular complexity index is 1190. The summed E-state index contributed by atoms with van der Waals surface area (Å²) in [6.45, 7) is 5.65. The highest BCUT2D eigenvalue weighted by Crippen LogP contribution is 2.33. The van der Waals surface area contributed by atoms with Gasteiger partial charge in [-0.25, -0.2) is 4.39 Å². The Morgan fingerprint density at radius 1 is 1.21 bits per heavy atom. The Balaban J connectivity index is 1.34. The van der Waals surface area contributed by atoms with Crippen LogP contribution in [0.25, 0.3) is 11.3 Å². The lowest BCUT2D eigenvalue weighted by Crippen LogP contribution is -2.55. The summed E-state index contributed by atoms with van der Waals surface area (Å²) >= 11 is 0. The van der Waals surface area contributed by atoms with Crippen molar-refractivity contribution in [3.63, 3.8) is 0 Å². The molecule has 1 atom stereocenters. The number of amides is 3. The molecule has 3 aliphatic rings. The fourth-order valence-corrected chi connectivity index (χ4v) is 4.92. The molecule has 2 fully saturated rings. The Morgan fingerprint density at radius 2 is 1.97 bits per heavy atom. The summed E-state index contributed by atoms with van der Waals surface area (Å²) in [5, 5.41) is 12.4. The maximum absolute atomic E-state index is 15.4. The van der Waals surface area contributed by atoms with Gasteiger partial charge in [0.2, 0.25) is 11.8 Å². The number of imide groups is 1. The van der Waals surface area contributed by atoms with E-state index in [4.69, 9.17) is 0 Å². The van der Waals surface area contributed by atoms with Gasteiger partial charge in [-0.15, -0.1) is 0 Å². The minimum absolute atomic E-state index is 0.165. The van der Waals surface area contributed by atoms with Gasteiger partial charge in [-0.1, -0.05) is 6.07 Å². The molecule has 1 aromatic heterocycles. The largest absolute Gasteiger partial charge is 0.390 e. The molecule has 2 saturated heterocycles. The lowest BCUT2D eigenvalue weighted by atomic mass is 9.84. The molecular formula is C25H27FN4O4. The lowest BCUT2D eigenvalue weighted by molar-refractivity contribution is -0.136. The second kappa shape index (κ2) is 8.25. The number of aliphatic hydroxyl groups is 1. The highest BCUT2D eigenvalue weighted by molar-refractivity contribution is 6.05. The van der Waals surface area contributed by atoms with Crippen LogP contribution in [0.3, 0.4) is 0 Å². The van der Waals surface area contributed by atoms with E-state index in [1.54, 1.807) is 44.3 Å². The molecule has 178 valence electrons. The molecule has 2 aromatic rings. The van der Waals surface area contributed by atoms with Crippen LogP contribution in [-0.4, -0.2) is 62.3 Å². The zero-order valence-corrected chi connectivity index (χ0v) is 19.2. The summed E-state index contributed by atoms with van der Waals surface area (Å²) in [5.41, 5.74) is 1.74. The van der Waals surface area contributed by atoms with Gasteiger partial charge in [0.1, 0.15) is 11.7 Å². The first-order valence-corrected chi connectivity index (χ1v) is 11.5. The summed E-state index contributed by atoms with van der Waals surface area (Å²) in [4.78, 5) is 44.4. The van der Waals surface area contributed by atoms with Crippen LogP contribution in [0, 0.1) is 11.7 Å². The number of nitrogens with one attached hydrogen (secondary N) is 1. The molecule has 2 N–H and O–H groups in total.